The highest BCUT2D eigenvalue weighted by Gasteiger charge is 2.29. The first-order chi connectivity index (χ1) is 10.2. The molecular formula is C14H16N4O2S. The molecule has 1 atom stereocenters. The van der Waals surface area contributed by atoms with E-state index >= 15 is 0 Å². The van der Waals surface area contributed by atoms with Gasteiger partial charge in [-0.1, -0.05) is 10.6 Å². The summed E-state index contributed by atoms with van der Waals surface area (Å²) in [4.78, 5) is 19.0. The smallest absolute Gasteiger partial charge is 0.267 e. The van der Waals surface area contributed by atoms with Crippen LogP contribution in [0.4, 0.5) is 0 Å². The summed E-state index contributed by atoms with van der Waals surface area (Å²) in [5, 5.41) is 3.89. The topological polar surface area (TPSA) is 68.2 Å². The van der Waals surface area contributed by atoms with Crippen molar-refractivity contribution in [3.05, 3.63) is 35.0 Å². The molecule has 0 radical (unpaired) electrons. The van der Waals surface area contributed by atoms with Gasteiger partial charge in [-0.05, 0) is 30.9 Å². The van der Waals surface area contributed by atoms with E-state index in [4.69, 9.17) is 4.74 Å². The van der Waals surface area contributed by atoms with Crippen LogP contribution in [0.5, 0.6) is 5.88 Å². The van der Waals surface area contributed by atoms with Gasteiger partial charge in [0.05, 0.1) is 12.3 Å². The van der Waals surface area contributed by atoms with Crippen LogP contribution in [0, 0.1) is 12.8 Å². The summed E-state index contributed by atoms with van der Waals surface area (Å²) >= 11 is 1.16. The van der Waals surface area contributed by atoms with E-state index in [0.29, 0.717) is 35.5 Å². The number of carbonyl (C=O) groups excluding carboxylic acids is 1. The average Bonchev–Trinajstić information content (AvgIpc) is 3.14. The van der Waals surface area contributed by atoms with Crippen molar-refractivity contribution >= 4 is 17.4 Å². The lowest BCUT2D eigenvalue weighted by Crippen LogP contribution is -2.29. The summed E-state index contributed by atoms with van der Waals surface area (Å²) < 4.78 is 9.48. The Morgan fingerprint density at radius 1 is 1.52 bits per heavy atom. The zero-order chi connectivity index (χ0) is 14.7. The molecule has 0 saturated carbocycles. The number of carbonyl (C=O) groups is 1. The Bertz CT molecular complexity index is 616. The number of amides is 1. The molecule has 21 heavy (non-hydrogen) atoms. The molecule has 0 spiro atoms. The first kappa shape index (κ1) is 13.9. The summed E-state index contributed by atoms with van der Waals surface area (Å²) in [5.41, 5.74) is 0.707. The maximum Gasteiger partial charge on any atom is 0.267 e. The van der Waals surface area contributed by atoms with Crippen LogP contribution < -0.4 is 4.74 Å². The quantitative estimate of drug-likeness (QED) is 0.861. The van der Waals surface area contributed by atoms with Crippen molar-refractivity contribution in [2.75, 3.05) is 19.7 Å². The van der Waals surface area contributed by atoms with Gasteiger partial charge in [0.1, 0.15) is 4.88 Å². The number of rotatable bonds is 4. The van der Waals surface area contributed by atoms with Gasteiger partial charge in [0, 0.05) is 31.3 Å². The minimum absolute atomic E-state index is 0.0304. The summed E-state index contributed by atoms with van der Waals surface area (Å²) in [6.07, 6.45) is 2.66. The Morgan fingerprint density at radius 2 is 2.43 bits per heavy atom. The van der Waals surface area contributed by atoms with Crippen molar-refractivity contribution in [3.63, 3.8) is 0 Å². The molecule has 3 heterocycles. The summed E-state index contributed by atoms with van der Waals surface area (Å²) in [6.45, 7) is 3.87. The maximum absolute atomic E-state index is 12.4. The van der Waals surface area contributed by atoms with Gasteiger partial charge in [-0.25, -0.2) is 4.98 Å². The number of hydrogen-bond donors (Lipinski definition) is 0. The molecule has 0 N–H and O–H groups in total. The molecule has 7 heteroatoms. The largest absolute Gasteiger partial charge is 0.477 e. The average molecular weight is 304 g/mol. The second-order valence-corrected chi connectivity index (χ2v) is 5.83. The van der Waals surface area contributed by atoms with Crippen molar-refractivity contribution in [2.45, 2.75) is 13.3 Å². The zero-order valence-electron chi connectivity index (χ0n) is 11.7. The number of pyridine rings is 1. The standard InChI is InChI=1S/C14H16N4O2S/c1-10-13(21-17-16-10)14(19)18-7-5-11(8-18)9-20-12-4-2-3-6-15-12/h2-4,6,11H,5,7-9H2,1H3. The predicted molar refractivity (Wildman–Crippen MR) is 78.4 cm³/mol. The number of likely N-dealkylation sites (tertiary alicyclic amines) is 1. The fraction of sp³-hybridized carbons (Fsp3) is 0.429. The fourth-order valence-corrected chi connectivity index (χ4v) is 2.99. The van der Waals surface area contributed by atoms with E-state index in [0.717, 1.165) is 24.5 Å². The van der Waals surface area contributed by atoms with Crippen molar-refractivity contribution in [1.82, 2.24) is 19.5 Å². The minimum Gasteiger partial charge on any atom is -0.477 e. The molecule has 1 aliphatic rings. The summed E-state index contributed by atoms with van der Waals surface area (Å²) in [5.74, 6) is 1.00. The molecule has 2 aromatic heterocycles. The lowest BCUT2D eigenvalue weighted by Gasteiger charge is -2.15. The number of nitrogens with zero attached hydrogens (tertiary/aromatic N) is 4. The van der Waals surface area contributed by atoms with Gasteiger partial charge >= 0.3 is 0 Å². The van der Waals surface area contributed by atoms with E-state index in [-0.39, 0.29) is 5.91 Å². The number of ether oxygens (including phenoxy) is 1. The van der Waals surface area contributed by atoms with Crippen LogP contribution in [0.2, 0.25) is 0 Å². The highest BCUT2D eigenvalue weighted by Crippen LogP contribution is 2.21. The lowest BCUT2D eigenvalue weighted by atomic mass is 10.1. The van der Waals surface area contributed by atoms with Crippen LogP contribution >= 0.6 is 11.5 Å². The first-order valence-electron chi connectivity index (χ1n) is 6.86. The third kappa shape index (κ3) is 3.18. The highest BCUT2D eigenvalue weighted by atomic mass is 32.1. The number of aryl methyl sites for hydroxylation is 1. The molecule has 0 aliphatic carbocycles. The minimum atomic E-state index is 0.0304. The van der Waals surface area contributed by atoms with Gasteiger partial charge in [0.15, 0.2) is 0 Å². The molecule has 0 aromatic carbocycles. The Hall–Kier alpha value is -2.02. The molecule has 3 rings (SSSR count). The van der Waals surface area contributed by atoms with E-state index in [1.54, 1.807) is 6.20 Å². The molecule has 0 bridgehead atoms. The first-order valence-corrected chi connectivity index (χ1v) is 7.63. The van der Waals surface area contributed by atoms with Crippen LogP contribution in [0.3, 0.4) is 0 Å². The predicted octanol–water partition coefficient (Wildman–Crippen LogP) is 1.78. The SMILES string of the molecule is Cc1nnsc1C(=O)N1CCC(COc2ccccn2)C1. The normalized spacial score (nSPS) is 18.0. The van der Waals surface area contributed by atoms with Crippen LogP contribution in [0.1, 0.15) is 21.8 Å². The van der Waals surface area contributed by atoms with Gasteiger partial charge in [-0.15, -0.1) is 5.10 Å². The Morgan fingerprint density at radius 3 is 3.14 bits per heavy atom. The van der Waals surface area contributed by atoms with Crippen molar-refractivity contribution in [2.24, 2.45) is 5.92 Å². The van der Waals surface area contributed by atoms with Gasteiger partial charge in [-0.2, -0.15) is 0 Å². The van der Waals surface area contributed by atoms with Crippen molar-refractivity contribution in [3.8, 4) is 5.88 Å². The molecule has 1 saturated heterocycles. The Labute approximate surface area is 126 Å². The molecule has 6 nitrogen and oxygen atoms in total. The Balaban J connectivity index is 1.54. The van der Waals surface area contributed by atoms with Crippen LogP contribution in [0.25, 0.3) is 0 Å². The third-order valence-corrected chi connectivity index (χ3v) is 4.34. The molecule has 1 unspecified atom stereocenters. The van der Waals surface area contributed by atoms with Gasteiger partial charge in [0.2, 0.25) is 5.88 Å². The van der Waals surface area contributed by atoms with E-state index in [1.165, 1.54) is 0 Å². The molecule has 1 fully saturated rings. The van der Waals surface area contributed by atoms with Crippen LogP contribution in [-0.2, 0) is 0 Å². The Kier molecular flexibility index (Phi) is 4.10. The van der Waals surface area contributed by atoms with E-state index in [9.17, 15) is 4.79 Å². The molecule has 1 amide bonds. The number of hydrogen-bond acceptors (Lipinski definition) is 6. The molecule has 1 aliphatic heterocycles. The van der Waals surface area contributed by atoms with Crippen LogP contribution in [-0.4, -0.2) is 45.1 Å². The second-order valence-electron chi connectivity index (χ2n) is 5.07. The third-order valence-electron chi connectivity index (χ3n) is 3.52. The van der Waals surface area contributed by atoms with Gasteiger partial charge in [0.25, 0.3) is 5.91 Å². The molecule has 110 valence electrons. The van der Waals surface area contributed by atoms with Crippen molar-refractivity contribution in [1.29, 1.82) is 0 Å². The van der Waals surface area contributed by atoms with E-state index in [1.807, 2.05) is 30.0 Å². The second kappa shape index (κ2) is 6.17. The summed E-state index contributed by atoms with van der Waals surface area (Å²) in [6, 6.07) is 5.59. The monoisotopic (exact) mass is 304 g/mol. The van der Waals surface area contributed by atoms with Gasteiger partial charge < -0.3 is 9.64 Å². The fourth-order valence-electron chi connectivity index (χ4n) is 2.36. The zero-order valence-corrected chi connectivity index (χ0v) is 12.5. The van der Waals surface area contributed by atoms with Gasteiger partial charge in [-0.3, -0.25) is 4.79 Å². The maximum atomic E-state index is 12.4. The lowest BCUT2D eigenvalue weighted by molar-refractivity contribution is 0.0786. The molecular weight excluding hydrogens is 288 g/mol. The van der Waals surface area contributed by atoms with Crippen LogP contribution in [0.15, 0.2) is 24.4 Å². The molecule has 2 aromatic rings. The number of aromatic nitrogens is 3. The van der Waals surface area contributed by atoms with E-state index in [2.05, 4.69) is 14.6 Å². The van der Waals surface area contributed by atoms with E-state index < -0.39 is 0 Å². The summed E-state index contributed by atoms with van der Waals surface area (Å²) in [7, 11) is 0. The highest BCUT2D eigenvalue weighted by molar-refractivity contribution is 7.07. The van der Waals surface area contributed by atoms with Crippen molar-refractivity contribution < 1.29 is 9.53 Å².